The standard InChI is InChI=1S/C25H17ClN4O2/c1-30-22-9-5-3-7-18(22)23(25(30)32)28-29-24(31)19-14-21(15-10-12-16(26)13-11-15)27-20-8-4-2-6-17(19)20/h2-14,32H,1H3. The lowest BCUT2D eigenvalue weighted by Gasteiger charge is -2.07. The quantitative estimate of drug-likeness (QED) is 0.318. The Hall–Kier alpha value is -4.03. The highest BCUT2D eigenvalue weighted by Gasteiger charge is 2.17. The second-order valence-electron chi connectivity index (χ2n) is 7.33. The van der Waals surface area contributed by atoms with Crippen molar-refractivity contribution in [2.45, 2.75) is 0 Å². The first-order chi connectivity index (χ1) is 15.5. The molecule has 0 spiro atoms. The third-order valence-corrected chi connectivity index (χ3v) is 5.63. The third kappa shape index (κ3) is 3.40. The van der Waals surface area contributed by atoms with Gasteiger partial charge in [0, 0.05) is 28.4 Å². The highest BCUT2D eigenvalue weighted by molar-refractivity contribution is 6.30. The number of hydrogen-bond acceptors (Lipinski definition) is 4. The number of nitrogens with zero attached hydrogens (tertiary/aromatic N) is 4. The fraction of sp³-hybridized carbons (Fsp3) is 0.0400. The molecule has 2 aromatic heterocycles. The zero-order valence-electron chi connectivity index (χ0n) is 17.0. The number of azo groups is 1. The number of amides is 1. The highest BCUT2D eigenvalue weighted by atomic mass is 35.5. The Kier molecular flexibility index (Phi) is 4.92. The number of hydrogen-bond donors (Lipinski definition) is 1. The highest BCUT2D eigenvalue weighted by Crippen LogP contribution is 2.38. The van der Waals surface area contributed by atoms with Crippen molar-refractivity contribution in [1.29, 1.82) is 0 Å². The molecule has 3 aromatic carbocycles. The number of halogens is 1. The molecule has 0 saturated heterocycles. The number of fused-ring (bicyclic) bond motifs is 2. The van der Waals surface area contributed by atoms with Gasteiger partial charge in [-0.25, -0.2) is 4.98 Å². The third-order valence-electron chi connectivity index (χ3n) is 5.38. The van der Waals surface area contributed by atoms with Crippen molar-refractivity contribution < 1.29 is 9.90 Å². The van der Waals surface area contributed by atoms with Crippen molar-refractivity contribution >= 4 is 45.0 Å². The molecule has 32 heavy (non-hydrogen) atoms. The van der Waals surface area contributed by atoms with Crippen LogP contribution in [-0.2, 0) is 7.05 Å². The van der Waals surface area contributed by atoms with Crippen molar-refractivity contribution in [3.63, 3.8) is 0 Å². The Morgan fingerprint density at radius 3 is 2.44 bits per heavy atom. The molecule has 0 atom stereocenters. The normalized spacial score (nSPS) is 11.6. The van der Waals surface area contributed by atoms with Gasteiger partial charge >= 0.3 is 0 Å². The molecule has 5 rings (SSSR count). The fourth-order valence-corrected chi connectivity index (χ4v) is 3.85. The smallest absolute Gasteiger partial charge is 0.296 e. The summed E-state index contributed by atoms with van der Waals surface area (Å²) in [6.45, 7) is 0. The van der Waals surface area contributed by atoms with Gasteiger partial charge in [-0.2, -0.15) is 0 Å². The van der Waals surface area contributed by atoms with Crippen LogP contribution >= 0.6 is 11.6 Å². The van der Waals surface area contributed by atoms with Crippen molar-refractivity contribution in [2.75, 3.05) is 0 Å². The first-order valence-electron chi connectivity index (χ1n) is 9.91. The Balaban J connectivity index is 1.61. The molecule has 6 nitrogen and oxygen atoms in total. The predicted molar refractivity (Wildman–Crippen MR) is 126 cm³/mol. The number of aromatic nitrogens is 2. The predicted octanol–water partition coefficient (Wildman–Crippen LogP) is 6.68. The second-order valence-corrected chi connectivity index (χ2v) is 7.77. The van der Waals surface area contributed by atoms with Crippen molar-refractivity contribution in [3.8, 4) is 17.1 Å². The van der Waals surface area contributed by atoms with E-state index in [1.807, 2.05) is 60.7 Å². The van der Waals surface area contributed by atoms with E-state index in [-0.39, 0.29) is 11.6 Å². The molecule has 0 fully saturated rings. The van der Waals surface area contributed by atoms with Crippen molar-refractivity contribution in [2.24, 2.45) is 17.3 Å². The van der Waals surface area contributed by atoms with Crippen LogP contribution in [0.1, 0.15) is 10.4 Å². The van der Waals surface area contributed by atoms with E-state index in [1.165, 1.54) is 0 Å². The van der Waals surface area contributed by atoms with Crippen LogP contribution in [0.5, 0.6) is 5.88 Å². The maximum Gasteiger partial charge on any atom is 0.296 e. The molecular formula is C25H17ClN4O2. The SMILES string of the molecule is Cn1c(O)c(N=NC(=O)c2cc(-c3ccc(Cl)cc3)nc3ccccc23)c2ccccc21. The van der Waals surface area contributed by atoms with E-state index in [9.17, 15) is 9.90 Å². The number of aromatic hydroxyl groups is 1. The van der Waals surface area contributed by atoms with Gasteiger partial charge in [-0.05, 0) is 30.3 Å². The lowest BCUT2D eigenvalue weighted by molar-refractivity contribution is 0.0996. The molecule has 7 heteroatoms. The summed E-state index contributed by atoms with van der Waals surface area (Å²) in [7, 11) is 1.73. The van der Waals surface area contributed by atoms with Gasteiger partial charge in [-0.1, -0.05) is 60.1 Å². The number of para-hydroxylation sites is 2. The summed E-state index contributed by atoms with van der Waals surface area (Å²) in [4.78, 5) is 17.8. The minimum absolute atomic E-state index is 0.0517. The van der Waals surface area contributed by atoms with Crippen molar-refractivity contribution in [1.82, 2.24) is 9.55 Å². The van der Waals surface area contributed by atoms with E-state index in [0.717, 1.165) is 11.1 Å². The average molecular weight is 441 g/mol. The Labute approximate surface area is 188 Å². The molecule has 2 heterocycles. The fourth-order valence-electron chi connectivity index (χ4n) is 3.73. The van der Waals surface area contributed by atoms with Gasteiger partial charge in [0.05, 0.1) is 22.3 Å². The van der Waals surface area contributed by atoms with Crippen LogP contribution < -0.4 is 0 Å². The zero-order chi connectivity index (χ0) is 22.2. The molecule has 0 saturated carbocycles. The summed E-state index contributed by atoms with van der Waals surface area (Å²) in [6.07, 6.45) is 0. The van der Waals surface area contributed by atoms with Crippen LogP contribution in [0.15, 0.2) is 89.1 Å². The van der Waals surface area contributed by atoms with Crippen LogP contribution in [0.2, 0.25) is 5.02 Å². The van der Waals surface area contributed by atoms with Gasteiger partial charge in [-0.15, -0.1) is 10.2 Å². The molecule has 156 valence electrons. The van der Waals surface area contributed by atoms with Crippen molar-refractivity contribution in [3.05, 3.63) is 89.4 Å². The average Bonchev–Trinajstić information content (AvgIpc) is 3.07. The number of aryl methyl sites for hydroxylation is 1. The van der Waals surface area contributed by atoms with Gasteiger partial charge in [0.25, 0.3) is 5.91 Å². The molecule has 1 N–H and O–H groups in total. The molecule has 0 unspecified atom stereocenters. The maximum atomic E-state index is 13.1. The first-order valence-corrected chi connectivity index (χ1v) is 10.3. The summed E-state index contributed by atoms with van der Waals surface area (Å²) in [5.74, 6) is -0.574. The molecule has 0 bridgehead atoms. The van der Waals surface area contributed by atoms with E-state index >= 15 is 0 Å². The van der Waals surface area contributed by atoms with E-state index < -0.39 is 5.91 Å². The summed E-state index contributed by atoms with van der Waals surface area (Å²) in [5.41, 5.74) is 3.57. The second kappa shape index (κ2) is 7.90. The van der Waals surface area contributed by atoms with Gasteiger partial charge in [0.2, 0.25) is 5.88 Å². The minimum Gasteiger partial charge on any atom is -0.493 e. The maximum absolute atomic E-state index is 13.1. The van der Waals surface area contributed by atoms with Gasteiger partial charge in [-0.3, -0.25) is 4.79 Å². The van der Waals surface area contributed by atoms with Gasteiger partial charge < -0.3 is 9.67 Å². The number of carbonyl (C=O) groups is 1. The Morgan fingerprint density at radius 2 is 1.66 bits per heavy atom. The monoisotopic (exact) mass is 440 g/mol. The lowest BCUT2D eigenvalue weighted by Crippen LogP contribution is -1.99. The first kappa shape index (κ1) is 19.9. The van der Waals surface area contributed by atoms with Crippen LogP contribution in [0, 0.1) is 0 Å². The summed E-state index contributed by atoms with van der Waals surface area (Å²) < 4.78 is 1.61. The Bertz CT molecular complexity index is 1520. The molecule has 0 radical (unpaired) electrons. The van der Waals surface area contributed by atoms with E-state index in [1.54, 1.807) is 29.8 Å². The number of rotatable bonds is 3. The molecule has 5 aromatic rings. The largest absolute Gasteiger partial charge is 0.493 e. The lowest BCUT2D eigenvalue weighted by atomic mass is 10.0. The minimum atomic E-state index is -0.522. The summed E-state index contributed by atoms with van der Waals surface area (Å²) >= 11 is 6.01. The summed E-state index contributed by atoms with van der Waals surface area (Å²) in [5, 5.41) is 20.5. The molecule has 0 aliphatic carbocycles. The topological polar surface area (TPSA) is 79.8 Å². The van der Waals surface area contributed by atoms with Gasteiger partial charge in [0.1, 0.15) is 0 Å². The Morgan fingerprint density at radius 1 is 0.969 bits per heavy atom. The zero-order valence-corrected chi connectivity index (χ0v) is 17.8. The molecule has 1 amide bonds. The van der Waals surface area contributed by atoms with Crippen LogP contribution in [0.4, 0.5) is 5.69 Å². The van der Waals surface area contributed by atoms with Crippen LogP contribution in [-0.4, -0.2) is 20.6 Å². The van der Waals surface area contributed by atoms with E-state index in [2.05, 4.69) is 15.2 Å². The molecule has 0 aliphatic heterocycles. The van der Waals surface area contributed by atoms with Crippen LogP contribution in [0.25, 0.3) is 33.1 Å². The molecule has 0 aliphatic rings. The van der Waals surface area contributed by atoms with Crippen LogP contribution in [0.3, 0.4) is 0 Å². The summed E-state index contributed by atoms with van der Waals surface area (Å²) in [6, 6.07) is 23.7. The number of pyridine rings is 1. The van der Waals surface area contributed by atoms with E-state index in [4.69, 9.17) is 11.6 Å². The number of benzene rings is 3. The van der Waals surface area contributed by atoms with E-state index in [0.29, 0.717) is 32.6 Å². The molecular weight excluding hydrogens is 424 g/mol. The number of carbonyl (C=O) groups excluding carboxylic acids is 1. The van der Waals surface area contributed by atoms with Gasteiger partial charge in [0.15, 0.2) is 5.69 Å².